The summed E-state index contributed by atoms with van der Waals surface area (Å²) >= 11 is 0. The number of nitrogens with zero attached hydrogens (tertiary/aromatic N) is 1. The molecule has 17 heavy (non-hydrogen) atoms. The summed E-state index contributed by atoms with van der Waals surface area (Å²) in [6, 6.07) is 4.95. The smallest absolute Gasteiger partial charge is 0.255 e. The van der Waals surface area contributed by atoms with Crippen molar-refractivity contribution in [3.05, 3.63) is 47.3 Å². The summed E-state index contributed by atoms with van der Waals surface area (Å²) in [5, 5.41) is 18.8. The van der Waals surface area contributed by atoms with Crippen LogP contribution in [-0.2, 0) is 6.54 Å². The highest BCUT2D eigenvalue weighted by molar-refractivity contribution is 5.96. The van der Waals surface area contributed by atoms with E-state index in [-0.39, 0.29) is 17.2 Å². The van der Waals surface area contributed by atoms with Crippen molar-refractivity contribution < 1.29 is 9.90 Å². The van der Waals surface area contributed by atoms with Gasteiger partial charge in [-0.2, -0.15) is 5.10 Å². The number of carbonyl (C=O) groups is 1. The van der Waals surface area contributed by atoms with E-state index in [9.17, 15) is 9.90 Å². The number of hydrogen-bond donors (Lipinski definition) is 3. The van der Waals surface area contributed by atoms with Crippen LogP contribution < -0.4 is 5.32 Å². The molecular formula is C12H13N3O2. The van der Waals surface area contributed by atoms with Crippen LogP contribution in [0.1, 0.15) is 21.5 Å². The fraction of sp³-hybridized carbons (Fsp3) is 0.167. The molecular weight excluding hydrogens is 218 g/mol. The maximum absolute atomic E-state index is 11.8. The zero-order valence-corrected chi connectivity index (χ0v) is 9.40. The average Bonchev–Trinajstić information content (AvgIpc) is 2.78. The normalized spacial score (nSPS) is 10.2. The third kappa shape index (κ3) is 2.63. The number of carbonyl (C=O) groups excluding carboxylic acids is 1. The number of phenolic OH excluding ortho intramolecular Hbond substituents is 1. The summed E-state index contributed by atoms with van der Waals surface area (Å²) in [6.07, 6.45) is 3.34. The van der Waals surface area contributed by atoms with Crippen LogP contribution in [0.5, 0.6) is 5.75 Å². The SMILES string of the molecule is Cc1ccc(C(=O)NCc2cn[nH]c2)c(O)c1. The summed E-state index contributed by atoms with van der Waals surface area (Å²) in [7, 11) is 0. The van der Waals surface area contributed by atoms with Crippen LogP contribution in [0.3, 0.4) is 0 Å². The van der Waals surface area contributed by atoms with Crippen molar-refractivity contribution in [2.75, 3.05) is 0 Å². The Bertz CT molecular complexity index is 521. The first-order chi connectivity index (χ1) is 8.16. The maximum Gasteiger partial charge on any atom is 0.255 e. The third-order valence-corrected chi connectivity index (χ3v) is 2.41. The van der Waals surface area contributed by atoms with Crippen molar-refractivity contribution in [1.29, 1.82) is 0 Å². The zero-order valence-electron chi connectivity index (χ0n) is 9.40. The molecule has 0 saturated heterocycles. The van der Waals surface area contributed by atoms with Crippen LogP contribution in [0.25, 0.3) is 0 Å². The molecule has 2 rings (SSSR count). The second-order valence-electron chi connectivity index (χ2n) is 3.81. The first-order valence-electron chi connectivity index (χ1n) is 5.22. The van der Waals surface area contributed by atoms with Gasteiger partial charge in [-0.05, 0) is 24.6 Å². The van der Waals surface area contributed by atoms with Gasteiger partial charge >= 0.3 is 0 Å². The lowest BCUT2D eigenvalue weighted by Gasteiger charge is -2.06. The Balaban J connectivity index is 2.04. The van der Waals surface area contributed by atoms with Crippen LogP contribution >= 0.6 is 0 Å². The standard InChI is InChI=1S/C12H13N3O2/c1-8-2-3-10(11(16)4-8)12(17)13-5-9-6-14-15-7-9/h2-4,6-7,16H,5H2,1H3,(H,13,17)(H,14,15). The highest BCUT2D eigenvalue weighted by Gasteiger charge is 2.10. The van der Waals surface area contributed by atoms with Crippen LogP contribution in [-0.4, -0.2) is 21.2 Å². The van der Waals surface area contributed by atoms with Gasteiger partial charge in [-0.3, -0.25) is 9.89 Å². The number of nitrogens with one attached hydrogen (secondary N) is 2. The average molecular weight is 231 g/mol. The number of aromatic hydroxyl groups is 1. The number of phenols is 1. The van der Waals surface area contributed by atoms with Gasteiger partial charge in [0.2, 0.25) is 0 Å². The lowest BCUT2D eigenvalue weighted by molar-refractivity contribution is 0.0948. The molecule has 0 unspecified atom stereocenters. The van der Waals surface area contributed by atoms with Crippen molar-refractivity contribution >= 4 is 5.91 Å². The largest absolute Gasteiger partial charge is 0.507 e. The van der Waals surface area contributed by atoms with E-state index >= 15 is 0 Å². The highest BCUT2D eigenvalue weighted by atomic mass is 16.3. The van der Waals surface area contributed by atoms with Gasteiger partial charge in [0.1, 0.15) is 5.75 Å². The predicted octanol–water partition coefficient (Wildman–Crippen LogP) is 1.35. The highest BCUT2D eigenvalue weighted by Crippen LogP contribution is 2.18. The monoisotopic (exact) mass is 231 g/mol. The van der Waals surface area contributed by atoms with Crippen molar-refractivity contribution in [2.24, 2.45) is 0 Å². The molecule has 88 valence electrons. The molecule has 0 saturated carbocycles. The summed E-state index contributed by atoms with van der Waals surface area (Å²) < 4.78 is 0. The zero-order chi connectivity index (χ0) is 12.3. The van der Waals surface area contributed by atoms with Crippen molar-refractivity contribution in [3.8, 4) is 5.75 Å². The first-order valence-corrected chi connectivity index (χ1v) is 5.22. The molecule has 1 aromatic carbocycles. The van der Waals surface area contributed by atoms with E-state index in [0.29, 0.717) is 6.54 Å². The Kier molecular flexibility index (Phi) is 3.09. The second kappa shape index (κ2) is 4.69. The molecule has 0 spiro atoms. The Morgan fingerprint density at radius 3 is 3.00 bits per heavy atom. The summed E-state index contributed by atoms with van der Waals surface area (Å²) in [6.45, 7) is 2.23. The summed E-state index contributed by atoms with van der Waals surface area (Å²) in [5.41, 5.74) is 2.07. The van der Waals surface area contributed by atoms with E-state index in [4.69, 9.17) is 0 Å². The van der Waals surface area contributed by atoms with E-state index in [2.05, 4.69) is 15.5 Å². The number of benzene rings is 1. The minimum atomic E-state index is -0.302. The van der Waals surface area contributed by atoms with E-state index in [0.717, 1.165) is 11.1 Å². The fourth-order valence-electron chi connectivity index (χ4n) is 1.49. The summed E-state index contributed by atoms with van der Waals surface area (Å²) in [4.78, 5) is 11.8. The molecule has 1 heterocycles. The Morgan fingerprint density at radius 1 is 1.53 bits per heavy atom. The first kappa shape index (κ1) is 11.2. The van der Waals surface area contributed by atoms with Gasteiger partial charge in [-0.1, -0.05) is 6.07 Å². The van der Waals surface area contributed by atoms with Crippen LogP contribution in [0.2, 0.25) is 0 Å². The van der Waals surface area contributed by atoms with E-state index in [1.165, 1.54) is 0 Å². The molecule has 3 N–H and O–H groups in total. The van der Waals surface area contributed by atoms with Crippen LogP contribution in [0, 0.1) is 6.92 Å². The molecule has 2 aromatic rings. The Morgan fingerprint density at radius 2 is 2.35 bits per heavy atom. The minimum Gasteiger partial charge on any atom is -0.507 e. The van der Waals surface area contributed by atoms with E-state index in [1.54, 1.807) is 30.6 Å². The fourth-order valence-corrected chi connectivity index (χ4v) is 1.49. The molecule has 5 nitrogen and oxygen atoms in total. The van der Waals surface area contributed by atoms with Crippen LogP contribution in [0.15, 0.2) is 30.6 Å². The number of hydrogen-bond acceptors (Lipinski definition) is 3. The summed E-state index contributed by atoms with van der Waals surface area (Å²) in [5.74, 6) is -0.307. The topological polar surface area (TPSA) is 78.0 Å². The van der Waals surface area contributed by atoms with Crippen molar-refractivity contribution in [2.45, 2.75) is 13.5 Å². The van der Waals surface area contributed by atoms with Crippen molar-refractivity contribution in [3.63, 3.8) is 0 Å². The van der Waals surface area contributed by atoms with Crippen LogP contribution in [0.4, 0.5) is 0 Å². The van der Waals surface area contributed by atoms with Gasteiger partial charge in [0, 0.05) is 18.3 Å². The molecule has 0 bridgehead atoms. The number of aromatic amines is 1. The number of aryl methyl sites for hydroxylation is 1. The van der Waals surface area contributed by atoms with Gasteiger partial charge in [-0.25, -0.2) is 0 Å². The molecule has 1 aromatic heterocycles. The number of H-pyrrole nitrogens is 1. The predicted molar refractivity (Wildman–Crippen MR) is 62.6 cm³/mol. The maximum atomic E-state index is 11.8. The lowest BCUT2D eigenvalue weighted by atomic mass is 10.1. The van der Waals surface area contributed by atoms with E-state index < -0.39 is 0 Å². The minimum absolute atomic E-state index is 0.00491. The second-order valence-corrected chi connectivity index (χ2v) is 3.81. The molecule has 1 amide bonds. The number of rotatable bonds is 3. The lowest BCUT2D eigenvalue weighted by Crippen LogP contribution is -2.22. The molecule has 0 aliphatic heterocycles. The molecule has 0 aliphatic carbocycles. The molecule has 5 heteroatoms. The molecule has 0 radical (unpaired) electrons. The van der Waals surface area contributed by atoms with Gasteiger partial charge in [0.05, 0.1) is 11.8 Å². The quantitative estimate of drug-likeness (QED) is 0.746. The van der Waals surface area contributed by atoms with Gasteiger partial charge in [0.25, 0.3) is 5.91 Å². The molecule has 0 aliphatic rings. The number of aromatic nitrogens is 2. The number of amides is 1. The van der Waals surface area contributed by atoms with Gasteiger partial charge in [-0.15, -0.1) is 0 Å². The Hall–Kier alpha value is -2.30. The van der Waals surface area contributed by atoms with E-state index in [1.807, 2.05) is 6.92 Å². The molecule has 0 atom stereocenters. The Labute approximate surface area is 98.5 Å². The van der Waals surface area contributed by atoms with Gasteiger partial charge < -0.3 is 10.4 Å². The molecule has 0 fully saturated rings. The van der Waals surface area contributed by atoms with Crippen molar-refractivity contribution in [1.82, 2.24) is 15.5 Å². The van der Waals surface area contributed by atoms with Gasteiger partial charge in [0.15, 0.2) is 0 Å². The third-order valence-electron chi connectivity index (χ3n) is 2.41.